The first-order valence-corrected chi connectivity index (χ1v) is 6.36. The smallest absolute Gasteiger partial charge is 0.387 e. The van der Waals surface area contributed by atoms with Crippen LogP contribution >= 0.6 is 0 Å². The van der Waals surface area contributed by atoms with Crippen LogP contribution in [0.25, 0.3) is 0 Å². The van der Waals surface area contributed by atoms with Crippen molar-refractivity contribution in [3.05, 3.63) is 36.2 Å². The zero-order valence-electron chi connectivity index (χ0n) is 11.5. The van der Waals surface area contributed by atoms with E-state index in [4.69, 9.17) is 4.74 Å². The molecule has 1 aromatic heterocycles. The Morgan fingerprint density at radius 1 is 1.38 bits per heavy atom. The lowest BCUT2D eigenvalue weighted by Crippen LogP contribution is -2.20. The lowest BCUT2D eigenvalue weighted by atomic mass is 10.2. The Morgan fingerprint density at radius 3 is 2.90 bits per heavy atom. The number of methoxy groups -OCH3 is 1. The molecule has 114 valence electrons. The van der Waals surface area contributed by atoms with E-state index < -0.39 is 6.61 Å². The van der Waals surface area contributed by atoms with E-state index >= 15 is 0 Å². The number of halogens is 2. The SMILES string of the molecule is COc1cccc(CNCCn2ccnn2)c1OC(F)F. The summed E-state index contributed by atoms with van der Waals surface area (Å²) in [4.78, 5) is 0. The van der Waals surface area contributed by atoms with E-state index in [0.29, 0.717) is 25.2 Å². The van der Waals surface area contributed by atoms with Gasteiger partial charge in [0.25, 0.3) is 0 Å². The number of rotatable bonds is 8. The maximum absolute atomic E-state index is 12.5. The van der Waals surface area contributed by atoms with Gasteiger partial charge in [0.2, 0.25) is 0 Å². The first-order chi connectivity index (χ1) is 10.2. The largest absolute Gasteiger partial charge is 0.493 e. The predicted octanol–water partition coefficient (Wildman–Crippen LogP) is 1.68. The number of para-hydroxylation sites is 1. The average molecular weight is 298 g/mol. The minimum absolute atomic E-state index is 0.0586. The fraction of sp³-hybridized carbons (Fsp3) is 0.385. The van der Waals surface area contributed by atoms with Crippen LogP contribution in [0.4, 0.5) is 8.78 Å². The Bertz CT molecular complexity index is 549. The van der Waals surface area contributed by atoms with Crippen LogP contribution in [0.5, 0.6) is 11.5 Å². The van der Waals surface area contributed by atoms with Crippen LogP contribution in [0.15, 0.2) is 30.6 Å². The summed E-state index contributed by atoms with van der Waals surface area (Å²) in [7, 11) is 1.41. The molecular formula is C13H16F2N4O2. The first-order valence-electron chi connectivity index (χ1n) is 6.36. The maximum Gasteiger partial charge on any atom is 0.387 e. The van der Waals surface area contributed by atoms with Crippen LogP contribution < -0.4 is 14.8 Å². The Morgan fingerprint density at radius 2 is 2.24 bits per heavy atom. The summed E-state index contributed by atoms with van der Waals surface area (Å²) in [6, 6.07) is 5.02. The van der Waals surface area contributed by atoms with Crippen LogP contribution in [-0.4, -0.2) is 35.3 Å². The molecule has 21 heavy (non-hydrogen) atoms. The number of hydrogen-bond donors (Lipinski definition) is 1. The van der Waals surface area contributed by atoms with Gasteiger partial charge in [-0.3, -0.25) is 4.68 Å². The van der Waals surface area contributed by atoms with Crippen molar-refractivity contribution in [2.75, 3.05) is 13.7 Å². The summed E-state index contributed by atoms with van der Waals surface area (Å²) in [5.41, 5.74) is 0.605. The van der Waals surface area contributed by atoms with Gasteiger partial charge in [-0.05, 0) is 6.07 Å². The van der Waals surface area contributed by atoms with Crippen molar-refractivity contribution < 1.29 is 18.3 Å². The summed E-state index contributed by atoms with van der Waals surface area (Å²) < 4.78 is 36.2. The van der Waals surface area contributed by atoms with E-state index in [1.807, 2.05) is 0 Å². The molecule has 0 saturated heterocycles. The molecule has 8 heteroatoms. The number of alkyl halides is 2. The van der Waals surface area contributed by atoms with Crippen LogP contribution in [0.3, 0.4) is 0 Å². The molecule has 0 spiro atoms. The summed E-state index contributed by atoms with van der Waals surface area (Å²) in [5, 5.41) is 10.7. The molecule has 0 aliphatic carbocycles. The van der Waals surface area contributed by atoms with E-state index in [0.717, 1.165) is 0 Å². The van der Waals surface area contributed by atoms with Crippen LogP contribution in [0.2, 0.25) is 0 Å². The Balaban J connectivity index is 1.95. The van der Waals surface area contributed by atoms with Crippen molar-refractivity contribution in [3.63, 3.8) is 0 Å². The van der Waals surface area contributed by atoms with Crippen molar-refractivity contribution in [1.82, 2.24) is 20.3 Å². The highest BCUT2D eigenvalue weighted by molar-refractivity contribution is 5.46. The van der Waals surface area contributed by atoms with Crippen LogP contribution in [0.1, 0.15) is 5.56 Å². The van der Waals surface area contributed by atoms with E-state index in [9.17, 15) is 8.78 Å². The number of ether oxygens (including phenoxy) is 2. The molecule has 0 fully saturated rings. The van der Waals surface area contributed by atoms with Gasteiger partial charge in [-0.25, -0.2) is 0 Å². The first kappa shape index (κ1) is 15.2. The van der Waals surface area contributed by atoms with Crippen molar-refractivity contribution in [3.8, 4) is 11.5 Å². The van der Waals surface area contributed by atoms with Gasteiger partial charge in [-0.15, -0.1) is 5.10 Å². The summed E-state index contributed by atoms with van der Waals surface area (Å²) >= 11 is 0. The molecule has 2 aromatic rings. The average Bonchev–Trinajstić information content (AvgIpc) is 2.97. The number of benzene rings is 1. The third-order valence-electron chi connectivity index (χ3n) is 2.79. The molecule has 1 N–H and O–H groups in total. The van der Waals surface area contributed by atoms with Gasteiger partial charge in [0.1, 0.15) is 0 Å². The Hall–Kier alpha value is -2.22. The second-order valence-corrected chi connectivity index (χ2v) is 4.17. The third kappa shape index (κ3) is 4.38. The molecule has 0 atom stereocenters. The topological polar surface area (TPSA) is 61.2 Å². The normalized spacial score (nSPS) is 10.9. The minimum Gasteiger partial charge on any atom is -0.493 e. The second-order valence-electron chi connectivity index (χ2n) is 4.17. The summed E-state index contributed by atoms with van der Waals surface area (Å²) in [6.07, 6.45) is 3.34. The van der Waals surface area contributed by atoms with E-state index in [2.05, 4.69) is 20.4 Å². The highest BCUT2D eigenvalue weighted by Gasteiger charge is 2.14. The molecule has 0 unspecified atom stereocenters. The highest BCUT2D eigenvalue weighted by atomic mass is 19.3. The van der Waals surface area contributed by atoms with Gasteiger partial charge in [0, 0.05) is 24.8 Å². The molecule has 1 aromatic carbocycles. The van der Waals surface area contributed by atoms with E-state index in [-0.39, 0.29) is 11.5 Å². The Labute approximate surface area is 120 Å². The monoisotopic (exact) mass is 298 g/mol. The van der Waals surface area contributed by atoms with Crippen molar-refractivity contribution >= 4 is 0 Å². The van der Waals surface area contributed by atoms with Gasteiger partial charge in [-0.2, -0.15) is 8.78 Å². The van der Waals surface area contributed by atoms with Crippen LogP contribution in [-0.2, 0) is 13.1 Å². The number of hydrogen-bond acceptors (Lipinski definition) is 5. The van der Waals surface area contributed by atoms with Crippen molar-refractivity contribution in [2.45, 2.75) is 19.7 Å². The second kappa shape index (κ2) is 7.53. The molecule has 0 aliphatic rings. The molecule has 1 heterocycles. The summed E-state index contributed by atoms with van der Waals surface area (Å²) in [6.45, 7) is -1.26. The standard InChI is InChI=1S/C13H16F2N4O2/c1-20-11-4-2-3-10(12(11)21-13(14)15)9-16-5-7-19-8-6-17-18-19/h2-4,6,8,13,16H,5,7,9H2,1H3. The zero-order chi connectivity index (χ0) is 15.1. The molecule has 0 saturated carbocycles. The fourth-order valence-electron chi connectivity index (χ4n) is 1.85. The Kier molecular flexibility index (Phi) is 5.44. The zero-order valence-corrected chi connectivity index (χ0v) is 11.5. The summed E-state index contributed by atoms with van der Waals surface area (Å²) in [5.74, 6) is 0.342. The molecule has 0 amide bonds. The molecule has 0 aliphatic heterocycles. The lowest BCUT2D eigenvalue weighted by Gasteiger charge is -2.14. The van der Waals surface area contributed by atoms with Crippen LogP contribution in [0, 0.1) is 0 Å². The van der Waals surface area contributed by atoms with Gasteiger partial charge < -0.3 is 14.8 Å². The molecule has 2 rings (SSSR count). The quantitative estimate of drug-likeness (QED) is 0.751. The van der Waals surface area contributed by atoms with Gasteiger partial charge in [-0.1, -0.05) is 17.3 Å². The maximum atomic E-state index is 12.5. The number of aromatic nitrogens is 3. The predicted molar refractivity (Wildman–Crippen MR) is 71.4 cm³/mol. The number of nitrogens with one attached hydrogen (secondary N) is 1. The highest BCUT2D eigenvalue weighted by Crippen LogP contribution is 2.32. The van der Waals surface area contributed by atoms with Gasteiger partial charge in [0.05, 0.1) is 19.9 Å². The fourth-order valence-corrected chi connectivity index (χ4v) is 1.85. The molecule has 0 bridgehead atoms. The third-order valence-corrected chi connectivity index (χ3v) is 2.79. The molecular weight excluding hydrogens is 282 g/mol. The van der Waals surface area contributed by atoms with E-state index in [1.54, 1.807) is 35.3 Å². The molecule has 0 radical (unpaired) electrons. The lowest BCUT2D eigenvalue weighted by molar-refractivity contribution is -0.0518. The van der Waals surface area contributed by atoms with Crippen molar-refractivity contribution in [1.29, 1.82) is 0 Å². The van der Waals surface area contributed by atoms with Gasteiger partial charge in [0.15, 0.2) is 11.5 Å². The molecule has 6 nitrogen and oxygen atoms in total. The van der Waals surface area contributed by atoms with E-state index in [1.165, 1.54) is 7.11 Å². The van der Waals surface area contributed by atoms with Gasteiger partial charge >= 0.3 is 6.61 Å². The number of nitrogens with zero attached hydrogens (tertiary/aromatic N) is 3. The minimum atomic E-state index is -2.89. The van der Waals surface area contributed by atoms with Crippen molar-refractivity contribution in [2.24, 2.45) is 0 Å².